The first-order chi connectivity index (χ1) is 12.9. The predicted molar refractivity (Wildman–Crippen MR) is 106 cm³/mol. The molecule has 0 aliphatic heterocycles. The fourth-order valence-electron chi connectivity index (χ4n) is 3.55. The zero-order valence-corrected chi connectivity index (χ0v) is 16.0. The van der Waals surface area contributed by atoms with Crippen LogP contribution in [0.3, 0.4) is 0 Å². The molecule has 0 unspecified atom stereocenters. The molecule has 3 rings (SSSR count). The fraction of sp³-hybridized carbons (Fsp3) is 0.217. The minimum Gasteiger partial charge on any atom is -0.496 e. The van der Waals surface area contributed by atoms with Crippen molar-refractivity contribution in [2.75, 3.05) is 14.2 Å². The Morgan fingerprint density at radius 2 is 1.52 bits per heavy atom. The van der Waals surface area contributed by atoms with Gasteiger partial charge in [0.05, 0.1) is 25.3 Å². The maximum absolute atomic E-state index is 13.3. The SMILES string of the molecule is C=C(C)Cc1ccc2c(c1OC)C(=O)c1ccc(/C=C/C)c(OC)c1C2=O. The van der Waals surface area contributed by atoms with Crippen molar-refractivity contribution in [1.82, 2.24) is 0 Å². The number of fused-ring (bicyclic) bond motifs is 2. The zero-order chi connectivity index (χ0) is 19.7. The van der Waals surface area contributed by atoms with Gasteiger partial charge in [0.1, 0.15) is 11.5 Å². The van der Waals surface area contributed by atoms with Crippen LogP contribution in [0.2, 0.25) is 0 Å². The van der Waals surface area contributed by atoms with Gasteiger partial charge >= 0.3 is 0 Å². The molecule has 0 spiro atoms. The van der Waals surface area contributed by atoms with Gasteiger partial charge in [0.15, 0.2) is 11.6 Å². The van der Waals surface area contributed by atoms with Crippen LogP contribution < -0.4 is 9.47 Å². The average Bonchev–Trinajstić information content (AvgIpc) is 2.65. The number of rotatable bonds is 5. The molecule has 2 aromatic rings. The minimum atomic E-state index is -0.233. The van der Waals surface area contributed by atoms with Gasteiger partial charge in [-0.3, -0.25) is 9.59 Å². The fourth-order valence-corrected chi connectivity index (χ4v) is 3.55. The Morgan fingerprint density at radius 3 is 2.04 bits per heavy atom. The highest BCUT2D eigenvalue weighted by Crippen LogP contribution is 2.40. The van der Waals surface area contributed by atoms with E-state index in [1.54, 1.807) is 18.2 Å². The van der Waals surface area contributed by atoms with Crippen molar-refractivity contribution in [1.29, 1.82) is 0 Å². The van der Waals surface area contributed by atoms with Crippen molar-refractivity contribution in [2.24, 2.45) is 0 Å². The Kier molecular flexibility index (Phi) is 5.00. The molecule has 138 valence electrons. The van der Waals surface area contributed by atoms with Gasteiger partial charge in [-0.25, -0.2) is 0 Å². The van der Waals surface area contributed by atoms with Gasteiger partial charge < -0.3 is 9.47 Å². The highest BCUT2D eigenvalue weighted by atomic mass is 16.5. The summed E-state index contributed by atoms with van der Waals surface area (Å²) in [5.41, 5.74) is 3.84. The van der Waals surface area contributed by atoms with Gasteiger partial charge in [0, 0.05) is 16.7 Å². The van der Waals surface area contributed by atoms with Gasteiger partial charge in [-0.2, -0.15) is 0 Å². The van der Waals surface area contributed by atoms with E-state index in [1.807, 2.05) is 32.1 Å². The summed E-state index contributed by atoms with van der Waals surface area (Å²) in [4.78, 5) is 26.5. The first-order valence-corrected chi connectivity index (χ1v) is 8.71. The third-order valence-corrected chi connectivity index (χ3v) is 4.62. The highest BCUT2D eigenvalue weighted by molar-refractivity contribution is 6.30. The van der Waals surface area contributed by atoms with Gasteiger partial charge in [0.2, 0.25) is 0 Å². The largest absolute Gasteiger partial charge is 0.496 e. The van der Waals surface area contributed by atoms with E-state index in [0.29, 0.717) is 40.2 Å². The molecule has 1 aliphatic carbocycles. The number of ketones is 2. The lowest BCUT2D eigenvalue weighted by atomic mass is 9.81. The second-order valence-electron chi connectivity index (χ2n) is 6.58. The molecule has 0 N–H and O–H groups in total. The molecule has 0 bridgehead atoms. The molecular formula is C23H22O4. The minimum absolute atomic E-state index is 0.231. The summed E-state index contributed by atoms with van der Waals surface area (Å²) in [6, 6.07) is 6.99. The molecule has 27 heavy (non-hydrogen) atoms. The van der Waals surface area contributed by atoms with E-state index < -0.39 is 0 Å². The zero-order valence-electron chi connectivity index (χ0n) is 16.0. The summed E-state index contributed by atoms with van der Waals surface area (Å²) in [5, 5.41) is 0. The molecule has 0 radical (unpaired) electrons. The lowest BCUT2D eigenvalue weighted by molar-refractivity contribution is 0.0974. The molecular weight excluding hydrogens is 340 g/mol. The molecule has 0 fully saturated rings. The van der Waals surface area contributed by atoms with Crippen LogP contribution in [0, 0.1) is 0 Å². The van der Waals surface area contributed by atoms with Crippen molar-refractivity contribution in [2.45, 2.75) is 20.3 Å². The molecule has 0 heterocycles. The molecule has 0 amide bonds. The van der Waals surface area contributed by atoms with E-state index in [0.717, 1.165) is 16.7 Å². The lowest BCUT2D eigenvalue weighted by Gasteiger charge is -2.23. The Labute approximate surface area is 159 Å². The number of allylic oxidation sites excluding steroid dienone is 2. The van der Waals surface area contributed by atoms with Gasteiger partial charge in [-0.05, 0) is 38.0 Å². The predicted octanol–water partition coefficient (Wildman–Crippen LogP) is 4.63. The van der Waals surface area contributed by atoms with Crippen LogP contribution in [-0.2, 0) is 6.42 Å². The number of benzene rings is 2. The molecule has 4 nitrogen and oxygen atoms in total. The van der Waals surface area contributed by atoms with Gasteiger partial charge in [0.25, 0.3) is 0 Å². The van der Waals surface area contributed by atoms with E-state index in [4.69, 9.17) is 9.47 Å². The molecule has 0 atom stereocenters. The first-order valence-electron chi connectivity index (χ1n) is 8.71. The molecule has 4 heteroatoms. The maximum Gasteiger partial charge on any atom is 0.198 e. The summed E-state index contributed by atoms with van der Waals surface area (Å²) < 4.78 is 11.0. The van der Waals surface area contributed by atoms with Crippen molar-refractivity contribution < 1.29 is 19.1 Å². The van der Waals surface area contributed by atoms with Gasteiger partial charge in [-0.1, -0.05) is 36.4 Å². The average molecular weight is 362 g/mol. The van der Waals surface area contributed by atoms with Crippen molar-refractivity contribution in [3.8, 4) is 11.5 Å². The van der Waals surface area contributed by atoms with Crippen LogP contribution in [0.1, 0.15) is 56.8 Å². The van der Waals surface area contributed by atoms with Crippen LogP contribution >= 0.6 is 0 Å². The summed E-state index contributed by atoms with van der Waals surface area (Å²) in [6.07, 6.45) is 4.29. The maximum atomic E-state index is 13.3. The van der Waals surface area contributed by atoms with Gasteiger partial charge in [-0.15, -0.1) is 0 Å². The van der Waals surface area contributed by atoms with Crippen LogP contribution in [-0.4, -0.2) is 25.8 Å². The standard InChI is InChI=1S/C23H22O4/c1-6-7-14-8-10-16-18(22(14)26-4)20(24)17-11-9-15(12-13(2)3)23(27-5)19(17)21(16)25/h6-11H,2,12H2,1,3-5H3/b7-6+. The number of ether oxygens (including phenoxy) is 2. The topological polar surface area (TPSA) is 52.6 Å². The summed E-state index contributed by atoms with van der Waals surface area (Å²) in [7, 11) is 3.02. The van der Waals surface area contributed by atoms with E-state index in [1.165, 1.54) is 14.2 Å². The Bertz CT molecular complexity index is 996. The summed E-state index contributed by atoms with van der Waals surface area (Å²) in [6.45, 7) is 7.72. The Morgan fingerprint density at radius 1 is 0.963 bits per heavy atom. The lowest BCUT2D eigenvalue weighted by Crippen LogP contribution is -2.23. The van der Waals surface area contributed by atoms with Crippen molar-refractivity contribution in [3.63, 3.8) is 0 Å². The second-order valence-corrected chi connectivity index (χ2v) is 6.58. The first kappa shape index (κ1) is 18.6. The van der Waals surface area contributed by atoms with Crippen LogP contribution in [0.15, 0.2) is 42.5 Å². The monoisotopic (exact) mass is 362 g/mol. The number of carbonyl (C=O) groups is 2. The second kappa shape index (κ2) is 7.23. The number of hydrogen-bond donors (Lipinski definition) is 0. The Hall–Kier alpha value is -3.14. The molecule has 0 saturated carbocycles. The molecule has 0 aromatic heterocycles. The van der Waals surface area contributed by atoms with E-state index in [9.17, 15) is 9.59 Å². The van der Waals surface area contributed by atoms with Crippen LogP contribution in [0.4, 0.5) is 0 Å². The molecule has 2 aromatic carbocycles. The van der Waals surface area contributed by atoms with E-state index >= 15 is 0 Å². The third kappa shape index (κ3) is 2.97. The normalized spacial score (nSPS) is 12.7. The van der Waals surface area contributed by atoms with Crippen molar-refractivity contribution >= 4 is 17.6 Å². The quantitative estimate of drug-likeness (QED) is 0.621. The van der Waals surface area contributed by atoms with E-state index in [-0.39, 0.29) is 11.6 Å². The molecule has 1 aliphatic rings. The third-order valence-electron chi connectivity index (χ3n) is 4.62. The highest BCUT2D eigenvalue weighted by Gasteiger charge is 2.36. The number of carbonyl (C=O) groups excluding carboxylic acids is 2. The number of hydrogen-bond acceptors (Lipinski definition) is 4. The Balaban J connectivity index is 2.29. The number of methoxy groups -OCH3 is 2. The summed E-state index contributed by atoms with van der Waals surface area (Å²) >= 11 is 0. The summed E-state index contributed by atoms with van der Waals surface area (Å²) in [5.74, 6) is 0.392. The van der Waals surface area contributed by atoms with Crippen molar-refractivity contribution in [3.05, 3.63) is 75.9 Å². The smallest absolute Gasteiger partial charge is 0.198 e. The van der Waals surface area contributed by atoms with Crippen LogP contribution in [0.5, 0.6) is 11.5 Å². The molecule has 0 saturated heterocycles. The van der Waals surface area contributed by atoms with Crippen LogP contribution in [0.25, 0.3) is 6.08 Å². The van der Waals surface area contributed by atoms with E-state index in [2.05, 4.69) is 6.58 Å².